The molecule has 0 radical (unpaired) electrons. The van der Waals surface area contributed by atoms with Gasteiger partial charge in [-0.2, -0.15) is 23.5 Å². The maximum Gasteiger partial charge on any atom is 0.142 e. The lowest BCUT2D eigenvalue weighted by atomic mass is 9.92. The van der Waals surface area contributed by atoms with Gasteiger partial charge in [-0.05, 0) is 29.3 Å². The van der Waals surface area contributed by atoms with Crippen LogP contribution in [0.25, 0.3) is 0 Å². The van der Waals surface area contributed by atoms with Crippen molar-refractivity contribution in [2.45, 2.75) is 16.9 Å². The number of carbonyl (C=O) groups is 1. The first-order valence-electron chi connectivity index (χ1n) is 10.0. The second kappa shape index (κ2) is 12.0. The van der Waals surface area contributed by atoms with Crippen LogP contribution < -0.4 is 0 Å². The highest BCUT2D eigenvalue weighted by Crippen LogP contribution is 2.48. The minimum atomic E-state index is -0.273. The summed E-state index contributed by atoms with van der Waals surface area (Å²) >= 11 is 3.23. The van der Waals surface area contributed by atoms with Gasteiger partial charge in [0.2, 0.25) is 0 Å². The van der Waals surface area contributed by atoms with Gasteiger partial charge in [0.15, 0.2) is 0 Å². The fourth-order valence-corrected chi connectivity index (χ4v) is 5.91. The van der Waals surface area contributed by atoms with Gasteiger partial charge in [-0.25, -0.2) is 0 Å². The first-order valence-corrected chi connectivity index (χ1v) is 12.1. The number of aliphatic hydroxyl groups is 2. The quantitative estimate of drug-likeness (QED) is 0.608. The van der Waals surface area contributed by atoms with E-state index in [1.54, 1.807) is 23.5 Å². The Labute approximate surface area is 187 Å². The van der Waals surface area contributed by atoms with E-state index in [1.165, 1.54) is 0 Å². The number of hydrogen-bond donors (Lipinski definition) is 2. The van der Waals surface area contributed by atoms with E-state index >= 15 is 0 Å². The van der Waals surface area contributed by atoms with Crippen molar-refractivity contribution in [2.24, 2.45) is 5.92 Å². The smallest absolute Gasteiger partial charge is 0.142 e. The van der Waals surface area contributed by atoms with Gasteiger partial charge < -0.3 is 10.2 Å². The lowest BCUT2D eigenvalue weighted by Crippen LogP contribution is -2.18. The summed E-state index contributed by atoms with van der Waals surface area (Å²) in [6.45, 7) is 0.162. The zero-order valence-electron chi connectivity index (χ0n) is 16.7. The van der Waals surface area contributed by atoms with Gasteiger partial charge in [-0.3, -0.25) is 4.79 Å². The van der Waals surface area contributed by atoms with Crippen LogP contribution in [0.15, 0.2) is 72.3 Å². The largest absolute Gasteiger partial charge is 0.396 e. The SMILES string of the molecule is O=C1CC(SCCO)/C(=C/C#Cc2ccccc2)C1C(SCCO)c1ccccc1. The average molecular weight is 439 g/mol. The molecule has 2 N–H and O–H groups in total. The van der Waals surface area contributed by atoms with E-state index < -0.39 is 0 Å². The summed E-state index contributed by atoms with van der Waals surface area (Å²) in [6.07, 6.45) is 2.37. The Morgan fingerprint density at radius 3 is 2.33 bits per heavy atom. The molecule has 0 aromatic heterocycles. The third kappa shape index (κ3) is 6.02. The van der Waals surface area contributed by atoms with E-state index in [9.17, 15) is 15.0 Å². The number of thioether (sulfide) groups is 2. The Hall–Kier alpha value is -1.97. The lowest BCUT2D eigenvalue weighted by molar-refractivity contribution is -0.120. The number of Topliss-reactive ketones (excluding diaryl/α,β-unsaturated/α-hetero) is 1. The zero-order valence-corrected chi connectivity index (χ0v) is 18.4. The number of ketones is 1. The van der Waals surface area contributed by atoms with E-state index in [0.29, 0.717) is 17.9 Å². The number of carbonyl (C=O) groups excluding carboxylic acids is 1. The number of benzene rings is 2. The van der Waals surface area contributed by atoms with Crippen LogP contribution in [-0.4, -0.2) is 46.0 Å². The average Bonchev–Trinajstić information content (AvgIpc) is 3.09. The Kier molecular flexibility index (Phi) is 9.10. The highest BCUT2D eigenvalue weighted by atomic mass is 32.2. The van der Waals surface area contributed by atoms with E-state index in [-0.39, 0.29) is 35.4 Å². The molecule has 156 valence electrons. The molecule has 3 nitrogen and oxygen atoms in total. The Bertz CT molecular complexity index is 900. The van der Waals surface area contributed by atoms with Crippen molar-refractivity contribution in [3.8, 4) is 11.8 Å². The first kappa shape index (κ1) is 22.7. The molecule has 30 heavy (non-hydrogen) atoms. The van der Waals surface area contributed by atoms with Crippen LogP contribution in [0, 0.1) is 17.8 Å². The monoisotopic (exact) mass is 438 g/mol. The second-order valence-corrected chi connectivity index (χ2v) is 9.50. The van der Waals surface area contributed by atoms with Crippen LogP contribution in [0.2, 0.25) is 0 Å². The van der Waals surface area contributed by atoms with Crippen LogP contribution >= 0.6 is 23.5 Å². The van der Waals surface area contributed by atoms with Gasteiger partial charge in [0.25, 0.3) is 0 Å². The predicted molar refractivity (Wildman–Crippen MR) is 127 cm³/mol. The molecule has 0 spiro atoms. The van der Waals surface area contributed by atoms with Gasteiger partial charge in [0.05, 0.1) is 19.1 Å². The van der Waals surface area contributed by atoms with Crippen LogP contribution in [0.5, 0.6) is 0 Å². The molecule has 2 aromatic rings. The molecule has 1 saturated carbocycles. The van der Waals surface area contributed by atoms with Crippen LogP contribution in [0.3, 0.4) is 0 Å². The Morgan fingerprint density at radius 1 is 1.00 bits per heavy atom. The minimum Gasteiger partial charge on any atom is -0.396 e. The highest BCUT2D eigenvalue weighted by molar-refractivity contribution is 8.00. The fraction of sp³-hybridized carbons (Fsp3) is 0.320. The van der Waals surface area contributed by atoms with Gasteiger partial charge >= 0.3 is 0 Å². The summed E-state index contributed by atoms with van der Waals surface area (Å²) in [7, 11) is 0. The van der Waals surface area contributed by atoms with E-state index in [2.05, 4.69) is 11.8 Å². The Morgan fingerprint density at radius 2 is 1.67 bits per heavy atom. The molecule has 3 atom stereocenters. The molecule has 1 fully saturated rings. The Balaban J connectivity index is 1.96. The highest BCUT2D eigenvalue weighted by Gasteiger charge is 2.42. The van der Waals surface area contributed by atoms with Gasteiger partial charge in [-0.1, -0.05) is 60.4 Å². The van der Waals surface area contributed by atoms with Gasteiger partial charge in [0.1, 0.15) is 5.78 Å². The summed E-state index contributed by atoms with van der Waals surface area (Å²) in [5.41, 5.74) is 3.05. The molecular weight excluding hydrogens is 412 g/mol. The van der Waals surface area contributed by atoms with Crippen molar-refractivity contribution in [3.05, 3.63) is 83.4 Å². The van der Waals surface area contributed by atoms with E-state index in [1.807, 2.05) is 66.7 Å². The third-order valence-corrected chi connectivity index (χ3v) is 7.50. The van der Waals surface area contributed by atoms with Crippen molar-refractivity contribution in [3.63, 3.8) is 0 Å². The topological polar surface area (TPSA) is 57.5 Å². The van der Waals surface area contributed by atoms with E-state index in [0.717, 1.165) is 16.7 Å². The van der Waals surface area contributed by atoms with Crippen LogP contribution in [0.1, 0.15) is 22.8 Å². The van der Waals surface area contributed by atoms with Crippen molar-refractivity contribution >= 4 is 29.3 Å². The maximum absolute atomic E-state index is 13.1. The predicted octanol–water partition coefficient (Wildman–Crippen LogP) is 4.11. The molecule has 0 heterocycles. The normalized spacial score (nSPS) is 20.7. The molecule has 0 saturated heterocycles. The van der Waals surface area contributed by atoms with Crippen LogP contribution in [-0.2, 0) is 4.79 Å². The molecule has 0 amide bonds. The van der Waals surface area contributed by atoms with Crippen molar-refractivity contribution in [2.75, 3.05) is 24.7 Å². The number of aliphatic hydroxyl groups excluding tert-OH is 2. The third-order valence-electron chi connectivity index (χ3n) is 4.92. The van der Waals surface area contributed by atoms with Gasteiger partial charge in [0, 0.05) is 34.0 Å². The minimum absolute atomic E-state index is 0.0284. The summed E-state index contributed by atoms with van der Waals surface area (Å²) in [6, 6.07) is 19.8. The van der Waals surface area contributed by atoms with Crippen molar-refractivity contribution in [1.29, 1.82) is 0 Å². The fourth-order valence-electron chi connectivity index (χ4n) is 3.62. The summed E-state index contributed by atoms with van der Waals surface area (Å²) in [5, 5.41) is 18.7. The van der Waals surface area contributed by atoms with Crippen LogP contribution in [0.4, 0.5) is 0 Å². The molecule has 3 unspecified atom stereocenters. The van der Waals surface area contributed by atoms with Crippen molar-refractivity contribution < 1.29 is 15.0 Å². The molecule has 5 heteroatoms. The summed E-state index contributed by atoms with van der Waals surface area (Å²) in [5.74, 6) is 7.42. The summed E-state index contributed by atoms with van der Waals surface area (Å²) in [4.78, 5) is 13.1. The number of hydrogen-bond acceptors (Lipinski definition) is 5. The van der Waals surface area contributed by atoms with Crippen molar-refractivity contribution in [1.82, 2.24) is 0 Å². The molecule has 0 aliphatic heterocycles. The molecule has 1 aliphatic carbocycles. The maximum atomic E-state index is 13.1. The molecule has 1 aliphatic rings. The molecule has 2 aromatic carbocycles. The molecular formula is C25H26O3S2. The standard InChI is InChI=1S/C25H26O3S2/c26-14-16-29-23-18-22(28)24(21(23)13-7-10-19-8-3-1-4-9-19)25(30-17-15-27)20-11-5-2-6-12-20/h1-6,8-9,11-13,23-27H,14-18H2/b21-13-. The van der Waals surface area contributed by atoms with E-state index in [4.69, 9.17) is 0 Å². The zero-order chi connectivity index (χ0) is 21.2. The number of rotatable bonds is 8. The summed E-state index contributed by atoms with van der Waals surface area (Å²) < 4.78 is 0. The number of allylic oxidation sites excluding steroid dienone is 1. The molecule has 3 rings (SSSR count). The second-order valence-electron chi connectivity index (χ2n) is 6.94. The lowest BCUT2D eigenvalue weighted by Gasteiger charge is -2.24. The first-order chi connectivity index (χ1) is 14.7. The molecule has 0 bridgehead atoms. The van der Waals surface area contributed by atoms with Gasteiger partial charge in [-0.15, -0.1) is 0 Å².